The van der Waals surface area contributed by atoms with Crippen molar-refractivity contribution in [2.75, 3.05) is 20.3 Å². The van der Waals surface area contributed by atoms with E-state index in [1.807, 2.05) is 0 Å². The Labute approximate surface area is 170 Å². The molecule has 8 unspecified atom stereocenters. The summed E-state index contributed by atoms with van der Waals surface area (Å²) in [5.74, 6) is 0.712. The van der Waals surface area contributed by atoms with E-state index in [0.29, 0.717) is 29.2 Å². The maximum atomic E-state index is 12.2. The Hall–Kier alpha value is -1.57. The van der Waals surface area contributed by atoms with Crippen LogP contribution in [0.4, 0.5) is 0 Å². The maximum absolute atomic E-state index is 12.2. The summed E-state index contributed by atoms with van der Waals surface area (Å²) in [5, 5.41) is 9.59. The Bertz CT molecular complexity index is 850. The van der Waals surface area contributed by atoms with E-state index in [-0.39, 0.29) is 29.1 Å². The Morgan fingerprint density at radius 1 is 1.38 bits per heavy atom. The number of methoxy groups -OCH3 is 1. The summed E-state index contributed by atoms with van der Waals surface area (Å²) in [6.45, 7) is 5.11. The van der Waals surface area contributed by atoms with Gasteiger partial charge in [-0.25, -0.2) is 4.79 Å². The Morgan fingerprint density at radius 2 is 2.21 bits per heavy atom. The summed E-state index contributed by atoms with van der Waals surface area (Å²) in [4.78, 5) is 15.0. The second-order valence-corrected chi connectivity index (χ2v) is 9.43. The van der Waals surface area contributed by atoms with Crippen molar-refractivity contribution in [1.29, 1.82) is 0 Å². The van der Waals surface area contributed by atoms with Crippen LogP contribution in [0, 0.1) is 17.8 Å². The number of nitrogens with zero attached hydrogens (tertiary/aromatic N) is 1. The number of unbranched alkanes of at least 4 members (excludes halogenated alkanes) is 1. The Kier molecular flexibility index (Phi) is 3.62. The molecule has 5 bridgehead atoms. The predicted molar refractivity (Wildman–Crippen MR) is 101 cm³/mol. The number of hydrogen-bond donors (Lipinski definition) is 1. The Balaban J connectivity index is 1.46. The number of ether oxygens (including phenoxy) is 4. The number of rotatable bonds is 5. The van der Waals surface area contributed by atoms with Gasteiger partial charge >= 0.3 is 5.97 Å². The molecular weight excluding hydrogens is 374 g/mol. The maximum Gasteiger partial charge on any atom is 0.345 e. The summed E-state index contributed by atoms with van der Waals surface area (Å²) < 4.78 is 24.5. The highest BCUT2D eigenvalue weighted by Gasteiger charge is 2.84. The molecule has 0 radical (unpaired) electrons. The molecule has 5 fully saturated rings. The number of aliphatic hydroxyl groups excluding tert-OH is 1. The van der Waals surface area contributed by atoms with E-state index in [1.54, 1.807) is 0 Å². The van der Waals surface area contributed by atoms with Gasteiger partial charge in [0.2, 0.25) is 11.5 Å². The number of piperidine rings is 1. The van der Waals surface area contributed by atoms with E-state index >= 15 is 0 Å². The lowest BCUT2D eigenvalue weighted by Crippen LogP contribution is -2.61. The highest BCUT2D eigenvalue weighted by Crippen LogP contribution is 2.73. The van der Waals surface area contributed by atoms with Crippen LogP contribution in [0.1, 0.15) is 46.0 Å². The average Bonchev–Trinajstić information content (AvgIpc) is 3.42. The summed E-state index contributed by atoms with van der Waals surface area (Å²) >= 11 is 0. The number of aliphatic hydroxyl groups is 1. The van der Waals surface area contributed by atoms with Crippen LogP contribution in [0.15, 0.2) is 22.9 Å². The largest absolute Gasteiger partial charge is 0.492 e. The smallest absolute Gasteiger partial charge is 0.345 e. The molecule has 0 amide bonds. The fourth-order valence-electron chi connectivity index (χ4n) is 7.69. The van der Waals surface area contributed by atoms with Crippen LogP contribution in [0.25, 0.3) is 0 Å². The number of cyclic esters (lactones) is 1. The summed E-state index contributed by atoms with van der Waals surface area (Å²) in [6, 6.07) is 0.446. The van der Waals surface area contributed by atoms with Crippen molar-refractivity contribution in [3.05, 3.63) is 22.9 Å². The van der Waals surface area contributed by atoms with Crippen LogP contribution in [0.3, 0.4) is 0 Å². The number of fused-ring (bicyclic) bond motifs is 1. The second kappa shape index (κ2) is 5.77. The van der Waals surface area contributed by atoms with Gasteiger partial charge in [-0.2, -0.15) is 0 Å². The zero-order valence-electron chi connectivity index (χ0n) is 17.3. The highest BCUT2D eigenvalue weighted by molar-refractivity contribution is 5.94. The number of carbonyl (C=O) groups excluding carboxylic acids is 1. The van der Waals surface area contributed by atoms with Gasteiger partial charge in [-0.05, 0) is 25.8 Å². The van der Waals surface area contributed by atoms with Crippen LogP contribution < -0.4 is 0 Å². The van der Waals surface area contributed by atoms with Gasteiger partial charge < -0.3 is 24.1 Å². The van der Waals surface area contributed by atoms with E-state index in [0.717, 1.165) is 19.4 Å². The third-order valence-corrected chi connectivity index (χ3v) is 8.56. The van der Waals surface area contributed by atoms with E-state index in [9.17, 15) is 9.90 Å². The first-order chi connectivity index (χ1) is 14.0. The molecule has 1 spiro atoms. The fraction of sp³-hybridized carbons (Fsp3) is 0.773. The molecule has 6 aliphatic heterocycles. The van der Waals surface area contributed by atoms with Crippen molar-refractivity contribution in [3.63, 3.8) is 0 Å². The number of allylic oxidation sites excluding steroid dienone is 1. The topological polar surface area (TPSA) is 77.5 Å². The predicted octanol–water partition coefficient (Wildman–Crippen LogP) is 2.06. The standard InChI is InChI=1S/C22H29NO6/c1-4-5-7-21-14-6-8-23(21)13-9-15(21)28-22(14)16(13)11(2)17(29-22)19-18(26-3)12(10-24)20(25)27-19/h11,13-16,24H,4-10H2,1-3H3. The van der Waals surface area contributed by atoms with Crippen molar-refractivity contribution in [1.82, 2.24) is 4.90 Å². The second-order valence-electron chi connectivity index (χ2n) is 9.43. The summed E-state index contributed by atoms with van der Waals surface area (Å²) in [6.07, 6.45) is 5.95. The van der Waals surface area contributed by atoms with Crippen LogP contribution in [-0.2, 0) is 23.7 Å². The first-order valence-corrected chi connectivity index (χ1v) is 11.0. The van der Waals surface area contributed by atoms with Crippen LogP contribution in [0.5, 0.6) is 0 Å². The SMILES string of the molecule is CCCCC12C3CC4C5C(C)C(=C6OC(=O)C(CO)=C6OC)OC5(O3)C1CCN42. The lowest BCUT2D eigenvalue weighted by Gasteiger charge is -2.48. The normalized spacial score (nSPS) is 51.1. The van der Waals surface area contributed by atoms with Crippen molar-refractivity contribution in [2.24, 2.45) is 17.8 Å². The van der Waals surface area contributed by atoms with Crippen molar-refractivity contribution in [2.45, 2.75) is 69.4 Å². The van der Waals surface area contributed by atoms with E-state index in [1.165, 1.54) is 26.4 Å². The first-order valence-electron chi connectivity index (χ1n) is 11.0. The summed E-state index contributed by atoms with van der Waals surface area (Å²) in [7, 11) is 1.49. The molecule has 0 aliphatic carbocycles. The van der Waals surface area contributed by atoms with Gasteiger partial charge in [-0.15, -0.1) is 0 Å². The fourth-order valence-corrected chi connectivity index (χ4v) is 7.69. The molecule has 158 valence electrons. The van der Waals surface area contributed by atoms with Gasteiger partial charge in [-0.3, -0.25) is 4.90 Å². The van der Waals surface area contributed by atoms with E-state index in [2.05, 4.69) is 18.7 Å². The van der Waals surface area contributed by atoms with E-state index < -0.39 is 18.4 Å². The van der Waals surface area contributed by atoms with Gasteiger partial charge in [-0.1, -0.05) is 26.7 Å². The van der Waals surface area contributed by atoms with Gasteiger partial charge in [0.1, 0.15) is 11.3 Å². The quantitative estimate of drug-likeness (QED) is 0.704. The molecule has 7 heteroatoms. The van der Waals surface area contributed by atoms with Crippen LogP contribution in [-0.4, -0.2) is 59.7 Å². The minimum atomic E-state index is -0.622. The molecule has 6 rings (SSSR count). The zero-order chi connectivity index (χ0) is 20.1. The minimum absolute atomic E-state index is 0.0531. The van der Waals surface area contributed by atoms with Crippen molar-refractivity contribution >= 4 is 5.97 Å². The first kappa shape index (κ1) is 18.2. The molecule has 1 N–H and O–H groups in total. The molecular formula is C22H29NO6. The minimum Gasteiger partial charge on any atom is -0.492 e. The molecule has 8 atom stereocenters. The lowest BCUT2D eigenvalue weighted by atomic mass is 9.69. The number of hydrogen-bond acceptors (Lipinski definition) is 7. The van der Waals surface area contributed by atoms with Crippen molar-refractivity contribution < 1.29 is 28.8 Å². The Morgan fingerprint density at radius 3 is 2.93 bits per heavy atom. The average molecular weight is 403 g/mol. The van der Waals surface area contributed by atoms with Crippen LogP contribution in [0.2, 0.25) is 0 Å². The van der Waals surface area contributed by atoms with Crippen LogP contribution >= 0.6 is 0 Å². The zero-order valence-corrected chi connectivity index (χ0v) is 17.3. The lowest BCUT2D eigenvalue weighted by molar-refractivity contribution is -0.256. The third kappa shape index (κ3) is 1.85. The van der Waals surface area contributed by atoms with Gasteiger partial charge in [0.05, 0.1) is 31.3 Å². The molecule has 0 aromatic carbocycles. The number of carbonyl (C=O) groups is 1. The molecule has 0 aromatic heterocycles. The molecule has 5 saturated heterocycles. The monoisotopic (exact) mass is 403 g/mol. The van der Waals surface area contributed by atoms with Gasteiger partial charge in [0.25, 0.3) is 0 Å². The highest BCUT2D eigenvalue weighted by atomic mass is 16.7. The molecule has 0 saturated carbocycles. The van der Waals surface area contributed by atoms with E-state index in [4.69, 9.17) is 18.9 Å². The van der Waals surface area contributed by atoms with Gasteiger partial charge in [0.15, 0.2) is 5.76 Å². The molecule has 6 heterocycles. The summed E-state index contributed by atoms with van der Waals surface area (Å²) in [5.41, 5.74) is 0.261. The molecule has 6 aliphatic rings. The third-order valence-electron chi connectivity index (χ3n) is 8.56. The molecule has 0 aromatic rings. The number of esters is 1. The molecule has 29 heavy (non-hydrogen) atoms. The molecule has 7 nitrogen and oxygen atoms in total. The van der Waals surface area contributed by atoms with Crippen molar-refractivity contribution in [3.8, 4) is 0 Å². The van der Waals surface area contributed by atoms with Gasteiger partial charge in [0, 0.05) is 17.9 Å².